The van der Waals surface area contributed by atoms with Crippen LogP contribution in [0.2, 0.25) is 0 Å². The largest absolute Gasteiger partial charge is 0.493 e. The molecule has 34 heavy (non-hydrogen) atoms. The first-order chi connectivity index (χ1) is 16.0. The third kappa shape index (κ3) is 5.82. The summed E-state index contributed by atoms with van der Waals surface area (Å²) < 4.78 is 50.7. The number of nitrogens with zero attached hydrogens (tertiary/aromatic N) is 3. The molecule has 1 N–H and O–H groups in total. The molecule has 0 aliphatic rings. The first-order valence-electron chi connectivity index (χ1n) is 10.0. The van der Waals surface area contributed by atoms with Gasteiger partial charge in [0.1, 0.15) is 5.75 Å². The standard InChI is InChI=1S/C22H21F3N4O5/c1-13(12-28-14(2)8-20(27-28)22(23,24)25)21(30)26-15-9-16(29(31)32)11-17(10-15)34-19-7-5-4-6-18(19)33-3/h4-11,13H,12H2,1-3H3,(H,26,30). The number of methoxy groups -OCH3 is 1. The molecule has 0 saturated carbocycles. The van der Waals surface area contributed by atoms with Gasteiger partial charge < -0.3 is 14.8 Å². The minimum Gasteiger partial charge on any atom is -0.493 e. The fraction of sp³-hybridized carbons (Fsp3) is 0.273. The number of amides is 1. The Labute approximate surface area is 192 Å². The van der Waals surface area contributed by atoms with Crippen molar-refractivity contribution < 1.29 is 32.4 Å². The van der Waals surface area contributed by atoms with Gasteiger partial charge in [0.05, 0.1) is 36.2 Å². The molecule has 1 amide bonds. The predicted octanol–water partition coefficient (Wildman–Crippen LogP) is 5.19. The first-order valence-corrected chi connectivity index (χ1v) is 10.0. The zero-order valence-corrected chi connectivity index (χ0v) is 18.4. The van der Waals surface area contributed by atoms with Crippen molar-refractivity contribution in [2.24, 2.45) is 5.92 Å². The monoisotopic (exact) mass is 478 g/mol. The van der Waals surface area contributed by atoms with Crippen LogP contribution in [-0.4, -0.2) is 27.7 Å². The average Bonchev–Trinajstić information content (AvgIpc) is 3.14. The molecule has 1 atom stereocenters. The van der Waals surface area contributed by atoms with Gasteiger partial charge in [-0.2, -0.15) is 18.3 Å². The van der Waals surface area contributed by atoms with Gasteiger partial charge in [-0.15, -0.1) is 0 Å². The molecular weight excluding hydrogens is 457 g/mol. The molecule has 180 valence electrons. The third-order valence-electron chi connectivity index (χ3n) is 4.83. The average molecular weight is 478 g/mol. The van der Waals surface area contributed by atoms with E-state index in [0.717, 1.165) is 16.8 Å². The van der Waals surface area contributed by atoms with Gasteiger partial charge >= 0.3 is 6.18 Å². The van der Waals surface area contributed by atoms with Crippen LogP contribution < -0.4 is 14.8 Å². The van der Waals surface area contributed by atoms with Crippen molar-refractivity contribution in [1.29, 1.82) is 0 Å². The van der Waals surface area contributed by atoms with Crippen molar-refractivity contribution in [2.75, 3.05) is 12.4 Å². The van der Waals surface area contributed by atoms with E-state index in [9.17, 15) is 28.1 Å². The van der Waals surface area contributed by atoms with Gasteiger partial charge in [-0.1, -0.05) is 19.1 Å². The Morgan fingerprint density at radius 3 is 2.47 bits per heavy atom. The fourth-order valence-corrected chi connectivity index (χ4v) is 3.09. The van der Waals surface area contributed by atoms with Crippen LogP contribution in [0.5, 0.6) is 17.2 Å². The highest BCUT2D eigenvalue weighted by atomic mass is 19.4. The zero-order valence-electron chi connectivity index (χ0n) is 18.4. The molecule has 0 fully saturated rings. The first kappa shape index (κ1) is 24.6. The SMILES string of the molecule is COc1ccccc1Oc1cc(NC(=O)C(C)Cn2nc(C(F)(F)F)cc2C)cc([N+](=O)[O-])c1. The number of nitrogens with one attached hydrogen (secondary N) is 1. The van der Waals surface area contributed by atoms with E-state index in [1.165, 1.54) is 33.1 Å². The van der Waals surface area contributed by atoms with E-state index in [-0.39, 0.29) is 29.4 Å². The fourth-order valence-electron chi connectivity index (χ4n) is 3.09. The molecule has 0 aliphatic heterocycles. The number of anilines is 1. The van der Waals surface area contributed by atoms with Crippen molar-refractivity contribution >= 4 is 17.3 Å². The minimum absolute atomic E-state index is 0.0828. The molecular formula is C22H21F3N4O5. The smallest absolute Gasteiger partial charge is 0.435 e. The van der Waals surface area contributed by atoms with E-state index in [4.69, 9.17) is 9.47 Å². The molecule has 1 aromatic heterocycles. The van der Waals surface area contributed by atoms with Crippen LogP contribution in [0.4, 0.5) is 24.5 Å². The lowest BCUT2D eigenvalue weighted by Gasteiger charge is -2.15. The second-order valence-electron chi connectivity index (χ2n) is 7.47. The van der Waals surface area contributed by atoms with Crippen LogP contribution in [0.3, 0.4) is 0 Å². The Hall–Kier alpha value is -4.09. The highest BCUT2D eigenvalue weighted by Crippen LogP contribution is 2.34. The van der Waals surface area contributed by atoms with E-state index < -0.39 is 28.6 Å². The summed E-state index contributed by atoms with van der Waals surface area (Å²) in [6.07, 6.45) is -4.59. The Morgan fingerprint density at radius 1 is 1.21 bits per heavy atom. The normalized spacial score (nSPS) is 12.2. The number of non-ortho nitro benzene ring substituents is 1. The lowest BCUT2D eigenvalue weighted by atomic mass is 10.1. The maximum Gasteiger partial charge on any atom is 0.435 e. The number of carbonyl (C=O) groups excluding carboxylic acids is 1. The van der Waals surface area contributed by atoms with Crippen molar-refractivity contribution in [2.45, 2.75) is 26.6 Å². The van der Waals surface area contributed by atoms with Crippen LogP contribution in [0, 0.1) is 23.0 Å². The number of para-hydroxylation sites is 2. The van der Waals surface area contributed by atoms with Crippen molar-refractivity contribution in [1.82, 2.24) is 9.78 Å². The lowest BCUT2D eigenvalue weighted by Crippen LogP contribution is -2.25. The number of halogens is 3. The predicted molar refractivity (Wildman–Crippen MR) is 116 cm³/mol. The number of ether oxygens (including phenoxy) is 2. The number of nitro groups is 1. The molecule has 0 bridgehead atoms. The van der Waals surface area contributed by atoms with Crippen molar-refractivity contribution in [3.8, 4) is 17.2 Å². The van der Waals surface area contributed by atoms with E-state index in [1.807, 2.05) is 0 Å². The lowest BCUT2D eigenvalue weighted by molar-refractivity contribution is -0.384. The van der Waals surface area contributed by atoms with E-state index in [1.54, 1.807) is 24.3 Å². The van der Waals surface area contributed by atoms with Gasteiger partial charge in [0.15, 0.2) is 17.2 Å². The van der Waals surface area contributed by atoms with Crippen LogP contribution in [0.1, 0.15) is 18.3 Å². The molecule has 9 nitrogen and oxygen atoms in total. The maximum absolute atomic E-state index is 12.9. The van der Waals surface area contributed by atoms with Gasteiger partial charge in [-0.05, 0) is 25.1 Å². The summed E-state index contributed by atoms with van der Waals surface area (Å²) in [6, 6.07) is 11.3. The number of rotatable bonds is 8. The molecule has 1 unspecified atom stereocenters. The summed E-state index contributed by atoms with van der Waals surface area (Å²) in [5, 5.41) is 17.4. The maximum atomic E-state index is 12.9. The number of carbonyl (C=O) groups is 1. The molecule has 0 saturated heterocycles. The number of hydrogen-bond acceptors (Lipinski definition) is 6. The number of aromatic nitrogens is 2. The van der Waals surface area contributed by atoms with E-state index in [2.05, 4.69) is 10.4 Å². The second-order valence-corrected chi connectivity index (χ2v) is 7.47. The Bertz CT molecular complexity index is 1210. The Balaban J connectivity index is 1.79. The summed E-state index contributed by atoms with van der Waals surface area (Å²) in [4.78, 5) is 23.4. The van der Waals surface area contributed by atoms with Crippen LogP contribution >= 0.6 is 0 Å². The van der Waals surface area contributed by atoms with Gasteiger partial charge in [0.25, 0.3) is 5.69 Å². The number of benzene rings is 2. The van der Waals surface area contributed by atoms with Crippen molar-refractivity contribution in [3.05, 3.63) is 70.0 Å². The van der Waals surface area contributed by atoms with Crippen molar-refractivity contribution in [3.63, 3.8) is 0 Å². The summed E-state index contributed by atoms with van der Waals surface area (Å²) in [5.74, 6) is -0.559. The highest BCUT2D eigenvalue weighted by molar-refractivity contribution is 5.92. The summed E-state index contributed by atoms with van der Waals surface area (Å²) >= 11 is 0. The van der Waals surface area contributed by atoms with Gasteiger partial charge in [0.2, 0.25) is 5.91 Å². The number of nitro benzene ring substituents is 1. The topological polar surface area (TPSA) is 109 Å². The zero-order chi connectivity index (χ0) is 25.0. The highest BCUT2D eigenvalue weighted by Gasteiger charge is 2.34. The van der Waals surface area contributed by atoms with Gasteiger partial charge in [0, 0.05) is 17.8 Å². The van der Waals surface area contributed by atoms with Crippen LogP contribution in [0.25, 0.3) is 0 Å². The molecule has 0 radical (unpaired) electrons. The number of alkyl halides is 3. The second kappa shape index (κ2) is 9.81. The molecule has 12 heteroatoms. The van der Waals surface area contributed by atoms with Gasteiger partial charge in [-0.25, -0.2) is 0 Å². The molecule has 3 aromatic rings. The molecule has 0 spiro atoms. The molecule has 3 rings (SSSR count). The van der Waals surface area contributed by atoms with Gasteiger partial charge in [-0.3, -0.25) is 19.6 Å². The quantitative estimate of drug-likeness (QED) is 0.352. The summed E-state index contributed by atoms with van der Waals surface area (Å²) in [6.45, 7) is 2.84. The van der Waals surface area contributed by atoms with Crippen LogP contribution in [0.15, 0.2) is 48.5 Å². The third-order valence-corrected chi connectivity index (χ3v) is 4.83. The molecule has 1 heterocycles. The van der Waals surface area contributed by atoms with Crippen LogP contribution in [-0.2, 0) is 17.5 Å². The summed E-state index contributed by atoms with van der Waals surface area (Å²) in [5.41, 5.74) is -1.04. The Kier molecular flexibility index (Phi) is 7.08. The number of aryl methyl sites for hydroxylation is 1. The summed E-state index contributed by atoms with van der Waals surface area (Å²) in [7, 11) is 1.45. The molecule has 0 aliphatic carbocycles. The molecule has 2 aromatic carbocycles. The minimum atomic E-state index is -4.59. The van der Waals surface area contributed by atoms with E-state index >= 15 is 0 Å². The number of hydrogen-bond donors (Lipinski definition) is 1. The van der Waals surface area contributed by atoms with E-state index in [0.29, 0.717) is 11.5 Å². The Morgan fingerprint density at radius 2 is 1.88 bits per heavy atom.